The summed E-state index contributed by atoms with van der Waals surface area (Å²) in [6.45, 7) is 2.01. The molecule has 112 valence electrons. The van der Waals surface area contributed by atoms with E-state index in [2.05, 4.69) is 10.3 Å². The number of pyridine rings is 1. The van der Waals surface area contributed by atoms with E-state index in [-0.39, 0.29) is 5.56 Å². The Bertz CT molecular complexity index is 968. The van der Waals surface area contributed by atoms with Gasteiger partial charge in [0.2, 0.25) is 0 Å². The quantitative estimate of drug-likeness (QED) is 0.781. The molecule has 22 heavy (non-hydrogen) atoms. The van der Waals surface area contributed by atoms with Crippen LogP contribution in [0.1, 0.15) is 5.56 Å². The number of hydrogen-bond acceptors (Lipinski definition) is 4. The van der Waals surface area contributed by atoms with Crippen molar-refractivity contribution in [2.24, 2.45) is 14.1 Å². The molecule has 0 atom stereocenters. The molecule has 0 saturated heterocycles. The Morgan fingerprint density at radius 2 is 1.68 bits per heavy atom. The van der Waals surface area contributed by atoms with E-state index in [1.54, 1.807) is 19.3 Å². The molecular weight excluding hydrogens is 280 g/mol. The summed E-state index contributed by atoms with van der Waals surface area (Å²) in [7, 11) is 3.07. The fraction of sp³-hybridized carbons (Fsp3) is 0.188. The maximum Gasteiger partial charge on any atom is 0.332 e. The highest BCUT2D eigenvalue weighted by Crippen LogP contribution is 2.21. The van der Waals surface area contributed by atoms with E-state index >= 15 is 0 Å². The molecule has 3 rings (SSSR count). The van der Waals surface area contributed by atoms with Crippen LogP contribution in [-0.2, 0) is 14.1 Å². The molecule has 6 nitrogen and oxygen atoms in total. The Kier molecular flexibility index (Phi) is 3.29. The second kappa shape index (κ2) is 5.14. The lowest BCUT2D eigenvalue weighted by Gasteiger charge is -2.12. The van der Waals surface area contributed by atoms with Crippen molar-refractivity contribution in [3.8, 4) is 0 Å². The van der Waals surface area contributed by atoms with Crippen molar-refractivity contribution in [3.05, 3.63) is 62.9 Å². The van der Waals surface area contributed by atoms with Gasteiger partial charge in [-0.3, -0.25) is 13.9 Å². The van der Waals surface area contributed by atoms with Crippen molar-refractivity contribution >= 4 is 22.4 Å². The summed E-state index contributed by atoms with van der Waals surface area (Å²) in [6.07, 6.45) is 1.58. The van der Waals surface area contributed by atoms with Crippen molar-refractivity contribution in [1.29, 1.82) is 0 Å². The summed E-state index contributed by atoms with van der Waals surface area (Å²) in [5.41, 5.74) is 2.27. The number of aromatic nitrogens is 3. The zero-order chi connectivity index (χ0) is 15.9. The van der Waals surface area contributed by atoms with E-state index in [1.165, 1.54) is 11.6 Å². The van der Waals surface area contributed by atoms with Crippen LogP contribution in [0.5, 0.6) is 0 Å². The van der Waals surface area contributed by atoms with Crippen LogP contribution in [0.2, 0.25) is 0 Å². The summed E-state index contributed by atoms with van der Waals surface area (Å²) in [5.74, 6) is 0. The second-order valence-corrected chi connectivity index (χ2v) is 5.25. The number of aryl methyl sites for hydroxylation is 2. The van der Waals surface area contributed by atoms with Gasteiger partial charge in [-0.25, -0.2) is 9.78 Å². The molecule has 6 heteroatoms. The standard InChI is InChI=1S/C16H16N4O2/c1-10-4-6-11(7-5-10)18-12-8-9-17-14-13(12)15(21)20(3)16(22)19(14)2/h4-9H,1-3H3,(H,17,18). The predicted octanol–water partition coefficient (Wildman–Crippen LogP) is 1.68. The lowest BCUT2D eigenvalue weighted by atomic mass is 10.2. The van der Waals surface area contributed by atoms with Crippen molar-refractivity contribution in [2.45, 2.75) is 6.92 Å². The van der Waals surface area contributed by atoms with Gasteiger partial charge in [0.15, 0.2) is 5.65 Å². The van der Waals surface area contributed by atoms with Crippen molar-refractivity contribution in [1.82, 2.24) is 14.1 Å². The zero-order valence-electron chi connectivity index (χ0n) is 12.6. The molecule has 2 aromatic heterocycles. The van der Waals surface area contributed by atoms with Crippen molar-refractivity contribution in [2.75, 3.05) is 5.32 Å². The Morgan fingerprint density at radius 3 is 2.36 bits per heavy atom. The Balaban J connectivity index is 2.25. The van der Waals surface area contributed by atoms with E-state index in [0.717, 1.165) is 15.8 Å². The Labute approximate surface area is 126 Å². The second-order valence-electron chi connectivity index (χ2n) is 5.25. The molecule has 1 aromatic carbocycles. The minimum absolute atomic E-state index is 0.360. The third kappa shape index (κ3) is 2.18. The molecular formula is C16H16N4O2. The summed E-state index contributed by atoms with van der Waals surface area (Å²) >= 11 is 0. The maximum absolute atomic E-state index is 12.4. The molecule has 0 amide bonds. The summed E-state index contributed by atoms with van der Waals surface area (Å²) in [5, 5.41) is 3.62. The van der Waals surface area contributed by atoms with Crippen LogP contribution in [0.3, 0.4) is 0 Å². The average Bonchev–Trinajstić information content (AvgIpc) is 2.53. The number of rotatable bonds is 2. The van der Waals surface area contributed by atoms with E-state index in [4.69, 9.17) is 0 Å². The van der Waals surface area contributed by atoms with Gasteiger partial charge >= 0.3 is 5.69 Å². The number of hydrogen-bond donors (Lipinski definition) is 1. The summed E-state index contributed by atoms with van der Waals surface area (Å²) < 4.78 is 2.46. The van der Waals surface area contributed by atoms with Crippen LogP contribution >= 0.6 is 0 Å². The molecule has 0 aliphatic heterocycles. The van der Waals surface area contributed by atoms with Crippen molar-refractivity contribution in [3.63, 3.8) is 0 Å². The van der Waals surface area contributed by atoms with Gasteiger partial charge in [-0.2, -0.15) is 0 Å². The molecule has 0 bridgehead atoms. The van der Waals surface area contributed by atoms with Gasteiger partial charge in [0, 0.05) is 26.0 Å². The molecule has 0 radical (unpaired) electrons. The van der Waals surface area contributed by atoms with E-state index in [0.29, 0.717) is 16.7 Å². The third-order valence-electron chi connectivity index (χ3n) is 3.67. The van der Waals surface area contributed by atoms with Crippen LogP contribution in [0, 0.1) is 6.92 Å². The van der Waals surface area contributed by atoms with Crippen LogP contribution in [0.15, 0.2) is 46.1 Å². The normalized spacial score (nSPS) is 10.9. The molecule has 0 fully saturated rings. The average molecular weight is 296 g/mol. The highest BCUT2D eigenvalue weighted by Gasteiger charge is 2.13. The van der Waals surface area contributed by atoms with Crippen LogP contribution < -0.4 is 16.6 Å². The highest BCUT2D eigenvalue weighted by atomic mass is 16.2. The largest absolute Gasteiger partial charge is 0.355 e. The minimum Gasteiger partial charge on any atom is -0.355 e. The van der Waals surface area contributed by atoms with Gasteiger partial charge in [-0.15, -0.1) is 0 Å². The first kappa shape index (κ1) is 14.1. The Hall–Kier alpha value is -2.89. The first-order valence-electron chi connectivity index (χ1n) is 6.87. The SMILES string of the molecule is Cc1ccc(Nc2ccnc3c2c(=O)n(C)c(=O)n3C)cc1. The Morgan fingerprint density at radius 1 is 1.00 bits per heavy atom. The molecule has 0 aliphatic rings. The van der Waals surface area contributed by atoms with Gasteiger partial charge in [0.25, 0.3) is 5.56 Å². The number of fused-ring (bicyclic) bond motifs is 1. The molecule has 0 spiro atoms. The topological polar surface area (TPSA) is 68.9 Å². The first-order valence-corrected chi connectivity index (χ1v) is 6.87. The van der Waals surface area contributed by atoms with Crippen LogP contribution in [0.4, 0.5) is 11.4 Å². The lowest BCUT2D eigenvalue weighted by molar-refractivity contribution is 0.708. The van der Waals surface area contributed by atoms with E-state index in [9.17, 15) is 9.59 Å². The van der Waals surface area contributed by atoms with Gasteiger partial charge < -0.3 is 5.32 Å². The van der Waals surface area contributed by atoms with E-state index in [1.807, 2.05) is 31.2 Å². The van der Waals surface area contributed by atoms with E-state index < -0.39 is 5.69 Å². The number of nitrogens with one attached hydrogen (secondary N) is 1. The monoisotopic (exact) mass is 296 g/mol. The first-order chi connectivity index (χ1) is 10.5. The number of benzene rings is 1. The maximum atomic E-state index is 12.4. The molecule has 3 aromatic rings. The molecule has 0 saturated carbocycles. The highest BCUT2D eigenvalue weighted by molar-refractivity contribution is 5.90. The van der Waals surface area contributed by atoms with Gasteiger partial charge in [-0.05, 0) is 25.1 Å². The van der Waals surface area contributed by atoms with Gasteiger partial charge in [-0.1, -0.05) is 17.7 Å². The lowest BCUT2D eigenvalue weighted by Crippen LogP contribution is -2.37. The minimum atomic E-state index is -0.391. The molecule has 2 heterocycles. The van der Waals surface area contributed by atoms with Crippen LogP contribution in [0.25, 0.3) is 11.0 Å². The molecule has 1 N–H and O–H groups in total. The third-order valence-corrected chi connectivity index (χ3v) is 3.67. The number of anilines is 2. The smallest absolute Gasteiger partial charge is 0.332 e. The predicted molar refractivity (Wildman–Crippen MR) is 86.7 cm³/mol. The number of nitrogens with zero attached hydrogens (tertiary/aromatic N) is 3. The van der Waals surface area contributed by atoms with Crippen LogP contribution in [-0.4, -0.2) is 14.1 Å². The fourth-order valence-corrected chi connectivity index (χ4v) is 2.38. The molecule has 0 unspecified atom stereocenters. The molecule has 0 aliphatic carbocycles. The summed E-state index contributed by atoms with van der Waals surface area (Å²) in [4.78, 5) is 28.6. The fourth-order valence-electron chi connectivity index (χ4n) is 2.38. The zero-order valence-corrected chi connectivity index (χ0v) is 12.6. The van der Waals surface area contributed by atoms with Gasteiger partial charge in [0.05, 0.1) is 5.69 Å². The summed E-state index contributed by atoms with van der Waals surface area (Å²) in [6, 6.07) is 9.58. The van der Waals surface area contributed by atoms with Crippen molar-refractivity contribution < 1.29 is 0 Å². The van der Waals surface area contributed by atoms with Gasteiger partial charge in [0.1, 0.15) is 5.39 Å².